The van der Waals surface area contributed by atoms with E-state index in [0.717, 1.165) is 44.1 Å². The van der Waals surface area contributed by atoms with Gasteiger partial charge in [0.25, 0.3) is 0 Å². The van der Waals surface area contributed by atoms with Crippen LogP contribution in [0.2, 0.25) is 0 Å². The Balaban J connectivity index is 1.43. The summed E-state index contributed by atoms with van der Waals surface area (Å²) in [5.41, 5.74) is 4.36. The van der Waals surface area contributed by atoms with Crippen molar-refractivity contribution in [3.05, 3.63) is 97.1 Å². The Kier molecular flexibility index (Phi) is 5.63. The lowest BCUT2D eigenvalue weighted by molar-refractivity contribution is 0.00578. The Labute approximate surface area is 233 Å². The Morgan fingerprint density at radius 3 is 1.75 bits per heavy atom. The van der Waals surface area contributed by atoms with Crippen LogP contribution in [0.25, 0.3) is 56.1 Å². The number of furan rings is 1. The molecule has 0 aliphatic carbocycles. The van der Waals surface area contributed by atoms with Crippen molar-refractivity contribution in [2.75, 3.05) is 0 Å². The zero-order valence-corrected chi connectivity index (χ0v) is 22.9. The van der Waals surface area contributed by atoms with Crippen LogP contribution in [0.3, 0.4) is 0 Å². The molecule has 0 unspecified atom stereocenters. The van der Waals surface area contributed by atoms with Crippen LogP contribution in [0.4, 0.5) is 0 Å². The number of nitrogens with zero attached hydrogens (tertiary/aromatic N) is 3. The second kappa shape index (κ2) is 9.12. The molecule has 2 aromatic heterocycles. The summed E-state index contributed by atoms with van der Waals surface area (Å²) in [6.07, 6.45) is 0. The van der Waals surface area contributed by atoms with Gasteiger partial charge in [0, 0.05) is 27.5 Å². The van der Waals surface area contributed by atoms with Gasteiger partial charge >= 0.3 is 7.12 Å². The molecule has 6 aromatic rings. The summed E-state index contributed by atoms with van der Waals surface area (Å²) < 4.78 is 19.0. The second-order valence-electron chi connectivity index (χ2n) is 11.2. The van der Waals surface area contributed by atoms with Crippen molar-refractivity contribution in [3.8, 4) is 34.2 Å². The largest absolute Gasteiger partial charge is 0.494 e. The van der Waals surface area contributed by atoms with Crippen molar-refractivity contribution in [2.24, 2.45) is 0 Å². The predicted octanol–water partition coefficient (Wildman–Crippen LogP) is 7.07. The molecule has 40 heavy (non-hydrogen) atoms. The van der Waals surface area contributed by atoms with Crippen LogP contribution in [0.5, 0.6) is 0 Å². The summed E-state index contributed by atoms with van der Waals surface area (Å²) in [5, 5.41) is 1.90. The first-order valence-electron chi connectivity index (χ1n) is 13.5. The number of rotatable bonds is 4. The minimum atomic E-state index is -0.474. The maximum Gasteiger partial charge on any atom is 0.494 e. The molecule has 0 radical (unpaired) electrons. The Hall–Kier alpha value is -4.33. The zero-order valence-electron chi connectivity index (χ0n) is 22.9. The van der Waals surface area contributed by atoms with Crippen LogP contribution in [0.1, 0.15) is 27.7 Å². The van der Waals surface area contributed by atoms with Gasteiger partial charge in [-0.05, 0) is 45.3 Å². The van der Waals surface area contributed by atoms with Gasteiger partial charge in [-0.1, -0.05) is 84.9 Å². The van der Waals surface area contributed by atoms with Crippen molar-refractivity contribution >= 4 is 34.5 Å². The fourth-order valence-electron chi connectivity index (χ4n) is 5.09. The molecule has 0 bridgehead atoms. The van der Waals surface area contributed by atoms with E-state index in [4.69, 9.17) is 28.7 Å². The predicted molar refractivity (Wildman–Crippen MR) is 159 cm³/mol. The van der Waals surface area contributed by atoms with E-state index in [1.807, 2.05) is 91.0 Å². The summed E-state index contributed by atoms with van der Waals surface area (Å²) in [6, 6.07) is 32.1. The molecule has 7 heteroatoms. The third-order valence-corrected chi connectivity index (χ3v) is 7.98. The minimum absolute atomic E-state index is 0.428. The average molecular weight is 525 g/mol. The van der Waals surface area contributed by atoms with Crippen molar-refractivity contribution in [1.82, 2.24) is 15.0 Å². The third-order valence-electron chi connectivity index (χ3n) is 7.98. The molecular weight excluding hydrogens is 497 g/mol. The number of hydrogen-bond donors (Lipinski definition) is 0. The highest BCUT2D eigenvalue weighted by Gasteiger charge is 2.51. The van der Waals surface area contributed by atoms with E-state index in [0.29, 0.717) is 17.5 Å². The lowest BCUT2D eigenvalue weighted by Crippen LogP contribution is -2.41. The van der Waals surface area contributed by atoms with Gasteiger partial charge in [-0.25, -0.2) is 15.0 Å². The molecule has 0 spiro atoms. The summed E-state index contributed by atoms with van der Waals surface area (Å²) in [4.78, 5) is 14.8. The number of fused-ring (bicyclic) bond motifs is 3. The highest BCUT2D eigenvalue weighted by atomic mass is 16.7. The van der Waals surface area contributed by atoms with Gasteiger partial charge in [-0.3, -0.25) is 0 Å². The van der Waals surface area contributed by atoms with E-state index in [1.165, 1.54) is 0 Å². The van der Waals surface area contributed by atoms with Gasteiger partial charge in [0.15, 0.2) is 17.5 Å². The van der Waals surface area contributed by atoms with Crippen molar-refractivity contribution in [2.45, 2.75) is 38.9 Å². The fourth-order valence-corrected chi connectivity index (χ4v) is 5.09. The summed E-state index contributed by atoms with van der Waals surface area (Å²) >= 11 is 0. The molecule has 1 aliphatic rings. The van der Waals surface area contributed by atoms with Crippen molar-refractivity contribution < 1.29 is 13.7 Å². The molecule has 1 aliphatic heterocycles. The van der Waals surface area contributed by atoms with Crippen molar-refractivity contribution in [3.63, 3.8) is 0 Å². The van der Waals surface area contributed by atoms with Crippen LogP contribution >= 0.6 is 0 Å². The van der Waals surface area contributed by atoms with Gasteiger partial charge < -0.3 is 13.7 Å². The normalized spacial score (nSPS) is 16.1. The first-order chi connectivity index (χ1) is 19.3. The number of aromatic nitrogens is 3. The lowest BCUT2D eigenvalue weighted by Gasteiger charge is -2.32. The standard InChI is InChI=1S/C33H28BN3O3/c1-32(2)33(3,4)40-34(39-32)23-18-19-26-25(20-23)28-24(16-11-17-27(28)38-26)31-36-29(21-12-7-5-8-13-21)35-30(37-31)22-14-9-6-10-15-22/h5-20H,1-4H3. The lowest BCUT2D eigenvalue weighted by atomic mass is 9.78. The molecule has 0 atom stereocenters. The topological polar surface area (TPSA) is 70.3 Å². The number of benzene rings is 4. The van der Waals surface area contributed by atoms with E-state index < -0.39 is 18.3 Å². The van der Waals surface area contributed by atoms with E-state index in [1.54, 1.807) is 0 Å². The van der Waals surface area contributed by atoms with Crippen LogP contribution in [0, 0.1) is 0 Å². The molecule has 0 amide bonds. The summed E-state index contributed by atoms with van der Waals surface area (Å²) in [6.45, 7) is 8.25. The van der Waals surface area contributed by atoms with Gasteiger partial charge in [0.05, 0.1) is 11.2 Å². The zero-order chi connectivity index (χ0) is 27.5. The molecule has 1 fully saturated rings. The maximum absolute atomic E-state index is 6.35. The molecule has 196 valence electrons. The van der Waals surface area contributed by atoms with Gasteiger partial charge in [-0.15, -0.1) is 0 Å². The minimum Gasteiger partial charge on any atom is -0.456 e. The van der Waals surface area contributed by atoms with Crippen molar-refractivity contribution in [1.29, 1.82) is 0 Å². The summed E-state index contributed by atoms with van der Waals surface area (Å²) in [5.74, 6) is 1.82. The second-order valence-corrected chi connectivity index (χ2v) is 11.2. The Bertz CT molecular complexity index is 1790. The Morgan fingerprint density at radius 1 is 0.575 bits per heavy atom. The fraction of sp³-hybridized carbons (Fsp3) is 0.182. The van der Waals surface area contributed by atoms with Gasteiger partial charge in [-0.2, -0.15) is 0 Å². The molecule has 1 saturated heterocycles. The smallest absolute Gasteiger partial charge is 0.456 e. The van der Waals surface area contributed by atoms with E-state index >= 15 is 0 Å². The van der Waals surface area contributed by atoms with E-state index in [-0.39, 0.29) is 0 Å². The van der Waals surface area contributed by atoms with E-state index in [2.05, 4.69) is 33.8 Å². The highest BCUT2D eigenvalue weighted by Crippen LogP contribution is 2.39. The maximum atomic E-state index is 6.35. The SMILES string of the molecule is CC1(C)OB(c2ccc3oc4cccc(-c5nc(-c6ccccc6)nc(-c6ccccc6)n5)c4c3c2)OC1(C)C. The van der Waals surface area contributed by atoms with Crippen LogP contribution in [-0.2, 0) is 9.31 Å². The number of hydrogen-bond acceptors (Lipinski definition) is 6. The van der Waals surface area contributed by atoms with Crippen LogP contribution in [-0.4, -0.2) is 33.3 Å². The first kappa shape index (κ1) is 24.7. The molecule has 7 rings (SSSR count). The quantitative estimate of drug-likeness (QED) is 0.229. The van der Waals surface area contributed by atoms with E-state index in [9.17, 15) is 0 Å². The molecule has 3 heterocycles. The molecule has 0 saturated carbocycles. The molecular formula is C33H28BN3O3. The van der Waals surface area contributed by atoms with Crippen LogP contribution in [0.15, 0.2) is 101 Å². The molecule has 0 N–H and O–H groups in total. The highest BCUT2D eigenvalue weighted by molar-refractivity contribution is 6.62. The molecule has 4 aromatic carbocycles. The third kappa shape index (κ3) is 4.10. The molecule has 6 nitrogen and oxygen atoms in total. The van der Waals surface area contributed by atoms with Gasteiger partial charge in [0.1, 0.15) is 11.2 Å². The van der Waals surface area contributed by atoms with Crippen LogP contribution < -0.4 is 5.46 Å². The monoisotopic (exact) mass is 525 g/mol. The average Bonchev–Trinajstić information content (AvgIpc) is 3.45. The summed E-state index contributed by atoms with van der Waals surface area (Å²) in [7, 11) is -0.474. The van der Waals surface area contributed by atoms with Gasteiger partial charge in [0.2, 0.25) is 0 Å². The Morgan fingerprint density at radius 2 is 1.15 bits per heavy atom. The first-order valence-corrected chi connectivity index (χ1v) is 13.5.